The molecule has 0 aliphatic carbocycles. The first-order valence-corrected chi connectivity index (χ1v) is 11.8. The van der Waals surface area contributed by atoms with E-state index in [-0.39, 0.29) is 22.9 Å². The Hall–Kier alpha value is -1.52. The van der Waals surface area contributed by atoms with Gasteiger partial charge in [-0.3, -0.25) is 4.79 Å². The number of hydrogen-bond acceptors (Lipinski definition) is 7. The van der Waals surface area contributed by atoms with Crippen LogP contribution >= 0.6 is 0 Å². The molecule has 29 heavy (non-hydrogen) atoms. The second-order valence-electron chi connectivity index (χ2n) is 8.86. The van der Waals surface area contributed by atoms with Gasteiger partial charge in [0.2, 0.25) is 20.9 Å². The Kier molecular flexibility index (Phi) is 6.09. The average Bonchev–Trinajstić information content (AvgIpc) is 2.88. The van der Waals surface area contributed by atoms with E-state index < -0.39 is 28.2 Å². The van der Waals surface area contributed by atoms with Gasteiger partial charge in [-0.2, -0.15) is 0 Å². The van der Waals surface area contributed by atoms with E-state index in [0.29, 0.717) is 18.4 Å². The lowest BCUT2D eigenvalue weighted by Crippen LogP contribution is -2.43. The largest absolute Gasteiger partial charge is 0.498 e. The van der Waals surface area contributed by atoms with Gasteiger partial charge in [0.15, 0.2) is 0 Å². The minimum atomic E-state index is -3.64. The number of hydrogen-bond donors (Lipinski definition) is 0. The van der Waals surface area contributed by atoms with Crippen molar-refractivity contribution in [2.45, 2.75) is 82.7 Å². The Morgan fingerprint density at radius 2 is 1.76 bits per heavy atom. The number of nitrogens with zero attached hydrogens (tertiary/aromatic N) is 3. The molecular weight excluding hydrogens is 393 g/mol. The normalized spacial score (nSPS) is 24.0. The predicted octanol–water partition coefficient (Wildman–Crippen LogP) is 1.34. The minimum absolute atomic E-state index is 0.00453. The van der Waals surface area contributed by atoms with Crippen LogP contribution in [-0.2, 0) is 23.9 Å². The zero-order valence-corrected chi connectivity index (χ0v) is 18.7. The number of carbonyl (C=O) groups excluding carboxylic acids is 1. The third-order valence-corrected chi connectivity index (χ3v) is 7.74. The van der Waals surface area contributed by atoms with Crippen LogP contribution in [0, 0.1) is 0 Å². The summed E-state index contributed by atoms with van der Waals surface area (Å²) in [4.78, 5) is 21.7. The van der Waals surface area contributed by atoms with E-state index in [0.717, 1.165) is 19.3 Å². The lowest BCUT2D eigenvalue weighted by Gasteiger charge is -2.35. The fraction of sp³-hybridized carbons (Fsp3) is 0.737. The molecule has 1 aromatic rings. The van der Waals surface area contributed by atoms with E-state index in [9.17, 15) is 13.2 Å². The lowest BCUT2D eigenvalue weighted by molar-refractivity contribution is -0.132. The lowest BCUT2D eigenvalue weighted by atomic mass is 9.81. The maximum Gasteiger partial charge on any atom is 0.498 e. The van der Waals surface area contributed by atoms with Crippen LogP contribution in [0.3, 0.4) is 0 Å². The van der Waals surface area contributed by atoms with E-state index in [2.05, 4.69) is 9.97 Å². The highest BCUT2D eigenvalue weighted by Gasteiger charge is 2.52. The first-order chi connectivity index (χ1) is 13.4. The Balaban J connectivity index is 1.67. The zero-order valence-electron chi connectivity index (χ0n) is 17.8. The third-order valence-electron chi connectivity index (χ3n) is 6.20. The van der Waals surface area contributed by atoms with Crippen molar-refractivity contribution >= 4 is 28.3 Å². The number of carbonyl (C=O) groups is 1. The maximum absolute atomic E-state index is 12.7. The van der Waals surface area contributed by atoms with Crippen molar-refractivity contribution in [3.63, 3.8) is 0 Å². The predicted molar refractivity (Wildman–Crippen MR) is 109 cm³/mol. The highest BCUT2D eigenvalue weighted by molar-refractivity contribution is 7.91. The van der Waals surface area contributed by atoms with Gasteiger partial charge in [0.1, 0.15) is 0 Å². The van der Waals surface area contributed by atoms with Crippen LogP contribution in [0.25, 0.3) is 0 Å². The number of amides is 1. The monoisotopic (exact) mass is 423 g/mol. The van der Waals surface area contributed by atoms with Crippen molar-refractivity contribution in [3.05, 3.63) is 12.4 Å². The summed E-state index contributed by atoms with van der Waals surface area (Å²) in [6.45, 7) is 10.0. The molecule has 160 valence electrons. The summed E-state index contributed by atoms with van der Waals surface area (Å²) in [5.74, 6) is -0.0906. The van der Waals surface area contributed by atoms with Crippen molar-refractivity contribution in [3.8, 4) is 0 Å². The molecule has 1 atom stereocenters. The molecule has 0 spiro atoms. The molecule has 0 radical (unpaired) electrons. The fourth-order valence-corrected chi connectivity index (χ4v) is 4.88. The van der Waals surface area contributed by atoms with Gasteiger partial charge in [-0.25, -0.2) is 18.4 Å². The molecule has 1 amide bonds. The van der Waals surface area contributed by atoms with Crippen molar-refractivity contribution in [1.29, 1.82) is 0 Å². The highest BCUT2D eigenvalue weighted by Crippen LogP contribution is 2.36. The average molecular weight is 423 g/mol. The van der Waals surface area contributed by atoms with E-state index in [1.807, 2.05) is 27.7 Å². The van der Waals surface area contributed by atoms with E-state index in [1.165, 1.54) is 19.3 Å². The SMILES string of the molecule is CC(=O)N1CCCC[C@@H]1CCS(=O)(=O)c1ncc(B2OC(C)(C)C(C)(C)O2)cn1. The van der Waals surface area contributed by atoms with Gasteiger partial charge in [0.05, 0.1) is 17.0 Å². The number of piperidine rings is 1. The van der Waals surface area contributed by atoms with Crippen molar-refractivity contribution in [2.24, 2.45) is 0 Å². The van der Waals surface area contributed by atoms with Gasteiger partial charge >= 0.3 is 7.12 Å². The molecule has 3 heterocycles. The molecule has 0 saturated carbocycles. The van der Waals surface area contributed by atoms with Gasteiger partial charge < -0.3 is 14.2 Å². The number of rotatable bonds is 5. The number of sulfone groups is 1. The van der Waals surface area contributed by atoms with E-state index in [1.54, 1.807) is 4.90 Å². The summed E-state index contributed by atoms with van der Waals surface area (Å²) in [5.41, 5.74) is -0.409. The molecule has 2 aliphatic rings. The molecule has 0 aromatic carbocycles. The van der Waals surface area contributed by atoms with Gasteiger partial charge in [0.25, 0.3) is 0 Å². The van der Waals surface area contributed by atoms with E-state index in [4.69, 9.17) is 9.31 Å². The summed E-state index contributed by atoms with van der Waals surface area (Å²) in [6.07, 6.45) is 6.09. The summed E-state index contributed by atoms with van der Waals surface area (Å²) in [7, 11) is -4.27. The molecule has 10 heteroatoms. The second-order valence-corrected chi connectivity index (χ2v) is 10.9. The quantitative estimate of drug-likeness (QED) is 0.521. The van der Waals surface area contributed by atoms with Gasteiger partial charge in [-0.05, 0) is 53.4 Å². The van der Waals surface area contributed by atoms with Crippen LogP contribution < -0.4 is 5.46 Å². The summed E-state index contributed by atoms with van der Waals surface area (Å²) in [5, 5.41) is -0.206. The van der Waals surface area contributed by atoms with Crippen molar-refractivity contribution in [2.75, 3.05) is 12.3 Å². The molecule has 2 aliphatic heterocycles. The summed E-state index contributed by atoms with van der Waals surface area (Å²) in [6, 6.07) is -0.0416. The summed E-state index contributed by atoms with van der Waals surface area (Å²) >= 11 is 0. The Morgan fingerprint density at radius 3 is 2.31 bits per heavy atom. The number of aromatic nitrogens is 2. The molecule has 0 unspecified atom stereocenters. The first kappa shape index (κ1) is 22.2. The summed E-state index contributed by atoms with van der Waals surface area (Å²) < 4.78 is 37.3. The minimum Gasteiger partial charge on any atom is -0.399 e. The number of likely N-dealkylation sites (tertiary alicyclic amines) is 1. The third kappa shape index (κ3) is 4.64. The van der Waals surface area contributed by atoms with Gasteiger partial charge in [-0.1, -0.05) is 0 Å². The smallest absolute Gasteiger partial charge is 0.399 e. The molecule has 0 bridgehead atoms. The molecule has 8 nitrogen and oxygen atoms in total. The van der Waals surface area contributed by atoms with Crippen LogP contribution in [0.4, 0.5) is 0 Å². The second kappa shape index (κ2) is 7.96. The van der Waals surface area contributed by atoms with Crippen LogP contribution in [0.1, 0.15) is 60.3 Å². The first-order valence-electron chi connectivity index (χ1n) is 10.1. The van der Waals surface area contributed by atoms with Crippen LogP contribution in [0.15, 0.2) is 17.6 Å². The van der Waals surface area contributed by atoms with E-state index >= 15 is 0 Å². The Morgan fingerprint density at radius 1 is 1.17 bits per heavy atom. The zero-order chi connectivity index (χ0) is 21.4. The molecule has 2 saturated heterocycles. The molecule has 3 rings (SSSR count). The Labute approximate surface area is 173 Å². The molecule has 0 N–H and O–H groups in total. The van der Waals surface area contributed by atoms with Crippen LogP contribution in [0.2, 0.25) is 0 Å². The Bertz CT molecular complexity index is 841. The molecular formula is C19H30BN3O5S. The van der Waals surface area contributed by atoms with Crippen LogP contribution in [-0.4, -0.2) is 65.9 Å². The topological polar surface area (TPSA) is 98.7 Å². The van der Waals surface area contributed by atoms with Crippen molar-refractivity contribution < 1.29 is 22.5 Å². The maximum atomic E-state index is 12.7. The highest BCUT2D eigenvalue weighted by atomic mass is 32.2. The molecule has 2 fully saturated rings. The van der Waals surface area contributed by atoms with Crippen LogP contribution in [0.5, 0.6) is 0 Å². The van der Waals surface area contributed by atoms with Crippen molar-refractivity contribution in [1.82, 2.24) is 14.9 Å². The standard InChI is InChI=1S/C19H30BN3O5S/c1-14(24)23-10-7-6-8-16(23)9-11-29(25,26)17-21-12-15(13-22-17)20-27-18(2,3)19(4,5)28-20/h12-13,16H,6-11H2,1-5H3/t16-/m1/s1. The van der Waals surface area contributed by atoms with Gasteiger partial charge in [-0.15, -0.1) is 0 Å². The molecule has 1 aromatic heterocycles. The fourth-order valence-electron chi connectivity index (χ4n) is 3.69. The van der Waals surface area contributed by atoms with Gasteiger partial charge in [0, 0.05) is 37.4 Å².